The molecule has 0 aromatic carbocycles. The van der Waals surface area contributed by atoms with Gasteiger partial charge in [0.1, 0.15) is 12.0 Å². The van der Waals surface area contributed by atoms with Crippen LogP contribution in [0.5, 0.6) is 0 Å². The summed E-state index contributed by atoms with van der Waals surface area (Å²) in [5.41, 5.74) is 1.95. The zero-order valence-corrected chi connectivity index (χ0v) is 14.3. The van der Waals surface area contributed by atoms with Gasteiger partial charge in [-0.05, 0) is 20.8 Å². The molecule has 1 aromatic heterocycles. The van der Waals surface area contributed by atoms with Crippen molar-refractivity contribution in [3.63, 3.8) is 0 Å². The second kappa shape index (κ2) is 7.44. The highest BCUT2D eigenvalue weighted by Gasteiger charge is 2.36. The molecule has 0 bridgehead atoms. The number of amides is 1. The van der Waals surface area contributed by atoms with Crippen LogP contribution in [0.4, 0.5) is 0 Å². The van der Waals surface area contributed by atoms with Crippen LogP contribution in [0.2, 0.25) is 0 Å². The average molecular weight is 330 g/mol. The van der Waals surface area contributed by atoms with Gasteiger partial charge < -0.3 is 14.4 Å². The van der Waals surface area contributed by atoms with E-state index in [0.717, 1.165) is 11.3 Å². The lowest BCUT2D eigenvalue weighted by atomic mass is 10.1. The standard InChI is InChI=1S/C15H24ClN3O3/c1-10(2)19-7-12(11(3)17-19)6-18(15(20)5-16)13-8-22-9-14(13)21-4/h7,10,13-14H,5-6,8-9H2,1-4H3/t13-,14-/m1/s1. The van der Waals surface area contributed by atoms with E-state index in [1.165, 1.54) is 0 Å². The molecule has 0 radical (unpaired) electrons. The van der Waals surface area contributed by atoms with E-state index in [1.807, 2.05) is 17.8 Å². The van der Waals surface area contributed by atoms with E-state index in [-0.39, 0.29) is 30.0 Å². The number of aryl methyl sites for hydroxylation is 1. The summed E-state index contributed by atoms with van der Waals surface area (Å²) in [5.74, 6) is -0.166. The summed E-state index contributed by atoms with van der Waals surface area (Å²) < 4.78 is 12.8. The predicted molar refractivity (Wildman–Crippen MR) is 84.0 cm³/mol. The van der Waals surface area contributed by atoms with Crippen molar-refractivity contribution >= 4 is 17.5 Å². The summed E-state index contributed by atoms with van der Waals surface area (Å²) in [7, 11) is 1.64. The number of nitrogens with zero attached hydrogens (tertiary/aromatic N) is 3. The first-order chi connectivity index (χ1) is 10.5. The Kier molecular flexibility index (Phi) is 5.83. The van der Waals surface area contributed by atoms with Gasteiger partial charge in [0.15, 0.2) is 0 Å². The molecule has 0 unspecified atom stereocenters. The fourth-order valence-electron chi connectivity index (χ4n) is 2.63. The van der Waals surface area contributed by atoms with Gasteiger partial charge in [0, 0.05) is 31.5 Å². The van der Waals surface area contributed by atoms with E-state index in [0.29, 0.717) is 19.8 Å². The number of alkyl halides is 1. The van der Waals surface area contributed by atoms with Gasteiger partial charge in [-0.2, -0.15) is 5.10 Å². The van der Waals surface area contributed by atoms with Crippen LogP contribution in [-0.2, 0) is 20.8 Å². The Morgan fingerprint density at radius 1 is 1.59 bits per heavy atom. The topological polar surface area (TPSA) is 56.6 Å². The van der Waals surface area contributed by atoms with Crippen LogP contribution in [0.15, 0.2) is 6.20 Å². The Hall–Kier alpha value is -1.11. The van der Waals surface area contributed by atoms with Gasteiger partial charge in [-0.15, -0.1) is 11.6 Å². The highest BCUT2D eigenvalue weighted by atomic mass is 35.5. The number of aromatic nitrogens is 2. The van der Waals surface area contributed by atoms with Gasteiger partial charge in [-0.25, -0.2) is 0 Å². The Morgan fingerprint density at radius 3 is 2.86 bits per heavy atom. The molecule has 0 N–H and O–H groups in total. The summed E-state index contributed by atoms with van der Waals surface area (Å²) in [4.78, 5) is 14.0. The van der Waals surface area contributed by atoms with Crippen molar-refractivity contribution in [2.24, 2.45) is 0 Å². The van der Waals surface area contributed by atoms with Crippen LogP contribution >= 0.6 is 11.6 Å². The molecule has 7 heteroatoms. The van der Waals surface area contributed by atoms with E-state index in [4.69, 9.17) is 21.1 Å². The van der Waals surface area contributed by atoms with Crippen LogP contribution in [0.1, 0.15) is 31.1 Å². The molecule has 2 rings (SSSR count). The Morgan fingerprint density at radius 2 is 2.32 bits per heavy atom. The van der Waals surface area contributed by atoms with Gasteiger partial charge in [-0.1, -0.05) is 0 Å². The molecule has 2 atom stereocenters. The smallest absolute Gasteiger partial charge is 0.238 e. The Balaban J connectivity index is 2.22. The van der Waals surface area contributed by atoms with Crippen LogP contribution in [-0.4, -0.2) is 58.9 Å². The monoisotopic (exact) mass is 329 g/mol. The minimum absolute atomic E-state index is 0.0513. The predicted octanol–water partition coefficient (Wildman–Crippen LogP) is 1.75. The van der Waals surface area contributed by atoms with E-state index in [2.05, 4.69) is 18.9 Å². The SMILES string of the molecule is CO[C@@H]1COC[C@H]1N(Cc1cn(C(C)C)nc1C)C(=O)CCl. The molecule has 22 heavy (non-hydrogen) atoms. The second-order valence-corrected chi connectivity index (χ2v) is 6.11. The maximum absolute atomic E-state index is 12.3. The normalized spacial score (nSPS) is 21.5. The van der Waals surface area contributed by atoms with Crippen LogP contribution in [0.3, 0.4) is 0 Å². The first kappa shape index (κ1) is 17.2. The third kappa shape index (κ3) is 3.62. The van der Waals surface area contributed by atoms with E-state index in [9.17, 15) is 4.79 Å². The number of halogens is 1. The van der Waals surface area contributed by atoms with E-state index < -0.39 is 0 Å². The molecular formula is C15H24ClN3O3. The lowest BCUT2D eigenvalue weighted by molar-refractivity contribution is -0.133. The largest absolute Gasteiger partial charge is 0.377 e. The number of carbonyl (C=O) groups is 1. The molecule has 0 spiro atoms. The van der Waals surface area contributed by atoms with E-state index in [1.54, 1.807) is 12.0 Å². The molecule has 1 fully saturated rings. The number of hydrogen-bond acceptors (Lipinski definition) is 4. The van der Waals surface area contributed by atoms with Crippen molar-refractivity contribution < 1.29 is 14.3 Å². The van der Waals surface area contributed by atoms with E-state index >= 15 is 0 Å². The molecule has 6 nitrogen and oxygen atoms in total. The molecule has 124 valence electrons. The van der Waals surface area contributed by atoms with Crippen LogP contribution < -0.4 is 0 Å². The summed E-state index contributed by atoms with van der Waals surface area (Å²) in [6.07, 6.45) is 1.87. The van der Waals surface area contributed by atoms with Crippen LogP contribution in [0.25, 0.3) is 0 Å². The van der Waals surface area contributed by atoms with Crippen molar-refractivity contribution in [2.45, 2.75) is 45.5 Å². The summed E-state index contributed by atoms with van der Waals surface area (Å²) in [5, 5.41) is 4.50. The Bertz CT molecular complexity index is 518. The Labute approximate surface area is 136 Å². The minimum Gasteiger partial charge on any atom is -0.377 e. The lowest BCUT2D eigenvalue weighted by Crippen LogP contribution is -2.47. The first-order valence-electron chi connectivity index (χ1n) is 7.48. The van der Waals surface area contributed by atoms with Crippen molar-refractivity contribution in [2.75, 3.05) is 26.2 Å². The van der Waals surface area contributed by atoms with Crippen molar-refractivity contribution in [1.82, 2.24) is 14.7 Å². The quantitative estimate of drug-likeness (QED) is 0.746. The number of carbonyl (C=O) groups excluding carboxylic acids is 1. The molecule has 0 aliphatic carbocycles. The van der Waals surface area contributed by atoms with Crippen molar-refractivity contribution in [1.29, 1.82) is 0 Å². The molecular weight excluding hydrogens is 306 g/mol. The van der Waals surface area contributed by atoms with Gasteiger partial charge in [0.2, 0.25) is 5.91 Å². The molecule has 1 aromatic rings. The second-order valence-electron chi connectivity index (χ2n) is 5.85. The minimum atomic E-state index is -0.118. The number of hydrogen-bond donors (Lipinski definition) is 0. The van der Waals surface area contributed by atoms with Gasteiger partial charge >= 0.3 is 0 Å². The number of methoxy groups -OCH3 is 1. The first-order valence-corrected chi connectivity index (χ1v) is 8.02. The fourth-order valence-corrected chi connectivity index (χ4v) is 2.78. The molecule has 2 heterocycles. The van der Waals surface area contributed by atoms with Crippen LogP contribution in [0, 0.1) is 6.92 Å². The zero-order chi connectivity index (χ0) is 16.3. The number of rotatable bonds is 6. The van der Waals surface area contributed by atoms with Crippen molar-refractivity contribution in [3.8, 4) is 0 Å². The van der Waals surface area contributed by atoms with Gasteiger partial charge in [0.05, 0.1) is 24.9 Å². The fraction of sp³-hybridized carbons (Fsp3) is 0.733. The maximum atomic E-state index is 12.3. The highest BCUT2D eigenvalue weighted by molar-refractivity contribution is 6.27. The lowest BCUT2D eigenvalue weighted by Gasteiger charge is -2.30. The third-order valence-corrected chi connectivity index (χ3v) is 4.25. The highest BCUT2D eigenvalue weighted by Crippen LogP contribution is 2.21. The zero-order valence-electron chi connectivity index (χ0n) is 13.6. The van der Waals surface area contributed by atoms with Gasteiger partial charge in [0.25, 0.3) is 0 Å². The van der Waals surface area contributed by atoms with Gasteiger partial charge in [-0.3, -0.25) is 9.48 Å². The average Bonchev–Trinajstić information content (AvgIpc) is 3.10. The molecule has 1 aliphatic heterocycles. The van der Waals surface area contributed by atoms with Crippen molar-refractivity contribution in [3.05, 3.63) is 17.5 Å². The molecule has 0 saturated carbocycles. The maximum Gasteiger partial charge on any atom is 0.238 e. The molecule has 1 aliphatic rings. The third-order valence-electron chi connectivity index (χ3n) is 4.03. The summed E-state index contributed by atoms with van der Waals surface area (Å²) >= 11 is 5.78. The number of ether oxygens (including phenoxy) is 2. The summed E-state index contributed by atoms with van der Waals surface area (Å²) in [6.45, 7) is 7.54. The molecule has 1 saturated heterocycles. The summed E-state index contributed by atoms with van der Waals surface area (Å²) in [6, 6.07) is 0.171. The molecule has 1 amide bonds.